The van der Waals surface area contributed by atoms with E-state index >= 15 is 0 Å². The van der Waals surface area contributed by atoms with Gasteiger partial charge in [0.05, 0.1) is 0 Å². The van der Waals surface area contributed by atoms with Gasteiger partial charge in [-0.1, -0.05) is 134 Å². The van der Waals surface area contributed by atoms with Crippen LogP contribution >= 0.6 is 0 Å². The van der Waals surface area contributed by atoms with Crippen molar-refractivity contribution in [2.24, 2.45) is 0 Å². The Morgan fingerprint density at radius 3 is 2.03 bits per heavy atom. The van der Waals surface area contributed by atoms with Gasteiger partial charge in [-0.25, -0.2) is 0 Å². The lowest BCUT2D eigenvalue weighted by atomic mass is 9.85. The SMILES string of the molecule is Cc1cc(/C=C\C=C2\C=CC=CC2c2ccccc2C)ccc1C=C1c2ccccc2-c2ccccc21. The molecule has 0 aromatic heterocycles. The summed E-state index contributed by atoms with van der Waals surface area (Å²) >= 11 is 0. The maximum absolute atomic E-state index is 2.35. The third-order valence-electron chi connectivity index (χ3n) is 7.48. The van der Waals surface area contributed by atoms with Crippen LogP contribution in [-0.4, -0.2) is 0 Å². The molecule has 0 N–H and O–H groups in total. The summed E-state index contributed by atoms with van der Waals surface area (Å²) in [5.74, 6) is 0.295. The molecule has 0 radical (unpaired) electrons. The first-order chi connectivity index (χ1) is 18.2. The fourth-order valence-electron chi connectivity index (χ4n) is 5.53. The second-order valence-corrected chi connectivity index (χ2v) is 9.87. The molecule has 6 rings (SSSR count). The maximum atomic E-state index is 2.35. The molecule has 2 aliphatic rings. The number of allylic oxidation sites excluding steroid dienone is 7. The Hall–Kier alpha value is -4.42. The first-order valence-electron chi connectivity index (χ1n) is 13.0. The molecule has 4 aromatic carbocycles. The van der Waals surface area contributed by atoms with Gasteiger partial charge in [-0.3, -0.25) is 0 Å². The molecule has 0 heterocycles. The molecule has 0 saturated carbocycles. The molecule has 178 valence electrons. The first-order valence-corrected chi connectivity index (χ1v) is 13.0. The van der Waals surface area contributed by atoms with Crippen LogP contribution in [0.2, 0.25) is 0 Å². The van der Waals surface area contributed by atoms with Crippen LogP contribution in [0.5, 0.6) is 0 Å². The lowest BCUT2D eigenvalue weighted by molar-refractivity contribution is 0.998. The van der Waals surface area contributed by atoms with Gasteiger partial charge < -0.3 is 0 Å². The van der Waals surface area contributed by atoms with E-state index < -0.39 is 0 Å². The highest BCUT2D eigenvalue weighted by Crippen LogP contribution is 2.44. The van der Waals surface area contributed by atoms with E-state index in [1.54, 1.807) is 0 Å². The van der Waals surface area contributed by atoms with E-state index in [1.165, 1.54) is 61.2 Å². The molecule has 0 nitrogen and oxygen atoms in total. The van der Waals surface area contributed by atoms with Crippen LogP contribution in [0.4, 0.5) is 0 Å². The third-order valence-corrected chi connectivity index (χ3v) is 7.48. The van der Waals surface area contributed by atoms with Crippen molar-refractivity contribution in [3.8, 4) is 11.1 Å². The summed E-state index contributed by atoms with van der Waals surface area (Å²) in [5.41, 5.74) is 14.3. The first kappa shape index (κ1) is 23.0. The van der Waals surface area contributed by atoms with Crippen molar-refractivity contribution >= 4 is 17.7 Å². The predicted molar refractivity (Wildman–Crippen MR) is 159 cm³/mol. The summed E-state index contributed by atoms with van der Waals surface area (Å²) in [7, 11) is 0. The highest BCUT2D eigenvalue weighted by atomic mass is 14.3. The molecule has 0 saturated heterocycles. The molecule has 2 aliphatic carbocycles. The van der Waals surface area contributed by atoms with Crippen LogP contribution in [0.15, 0.2) is 133 Å². The van der Waals surface area contributed by atoms with Crippen LogP contribution in [0.1, 0.15) is 44.9 Å². The molecule has 0 heteroatoms. The Morgan fingerprint density at radius 2 is 1.32 bits per heavy atom. The summed E-state index contributed by atoms with van der Waals surface area (Å²) in [6, 6.07) is 32.9. The van der Waals surface area contributed by atoms with Crippen molar-refractivity contribution in [1.29, 1.82) is 0 Å². The van der Waals surface area contributed by atoms with Gasteiger partial charge in [0.25, 0.3) is 0 Å². The largest absolute Gasteiger partial charge is 0.0726 e. The second-order valence-electron chi connectivity index (χ2n) is 9.87. The monoisotopic (exact) mass is 474 g/mol. The van der Waals surface area contributed by atoms with Gasteiger partial charge in [-0.15, -0.1) is 0 Å². The molecular weight excluding hydrogens is 444 g/mol. The van der Waals surface area contributed by atoms with E-state index in [1.807, 2.05) is 0 Å². The van der Waals surface area contributed by atoms with Gasteiger partial charge in [0.1, 0.15) is 0 Å². The Morgan fingerprint density at radius 1 is 0.649 bits per heavy atom. The van der Waals surface area contributed by atoms with Gasteiger partial charge in [-0.2, -0.15) is 0 Å². The number of fused-ring (bicyclic) bond motifs is 3. The predicted octanol–water partition coefficient (Wildman–Crippen LogP) is 9.72. The molecule has 1 unspecified atom stereocenters. The number of benzene rings is 4. The highest BCUT2D eigenvalue weighted by molar-refractivity contribution is 6.06. The van der Waals surface area contributed by atoms with Crippen LogP contribution < -0.4 is 0 Å². The Balaban J connectivity index is 1.28. The zero-order chi connectivity index (χ0) is 25.2. The number of hydrogen-bond acceptors (Lipinski definition) is 0. The molecule has 0 fully saturated rings. The number of rotatable bonds is 4. The zero-order valence-electron chi connectivity index (χ0n) is 21.4. The molecule has 0 aliphatic heterocycles. The van der Waals surface area contributed by atoms with Crippen molar-refractivity contribution < 1.29 is 0 Å². The van der Waals surface area contributed by atoms with Crippen molar-refractivity contribution in [2.45, 2.75) is 19.8 Å². The normalized spacial score (nSPS) is 16.9. The Labute approximate surface area is 220 Å². The van der Waals surface area contributed by atoms with Gasteiger partial charge in [-0.05, 0) is 81.1 Å². The number of aryl methyl sites for hydroxylation is 2. The molecule has 37 heavy (non-hydrogen) atoms. The average Bonchev–Trinajstić information content (AvgIpc) is 3.24. The van der Waals surface area contributed by atoms with Crippen molar-refractivity contribution in [3.05, 3.63) is 172 Å². The summed E-state index contributed by atoms with van der Waals surface area (Å²) < 4.78 is 0. The van der Waals surface area contributed by atoms with E-state index in [4.69, 9.17) is 0 Å². The van der Waals surface area contributed by atoms with E-state index in [0.717, 1.165) is 0 Å². The van der Waals surface area contributed by atoms with Gasteiger partial charge in [0.2, 0.25) is 0 Å². The Kier molecular flexibility index (Phi) is 6.16. The van der Waals surface area contributed by atoms with E-state index in [9.17, 15) is 0 Å². The lowest BCUT2D eigenvalue weighted by Gasteiger charge is -2.19. The van der Waals surface area contributed by atoms with Crippen molar-refractivity contribution in [2.75, 3.05) is 0 Å². The van der Waals surface area contributed by atoms with Gasteiger partial charge in [0.15, 0.2) is 0 Å². The van der Waals surface area contributed by atoms with Crippen LogP contribution in [0, 0.1) is 13.8 Å². The fraction of sp³-hybridized carbons (Fsp3) is 0.0811. The fourth-order valence-corrected chi connectivity index (χ4v) is 5.53. The maximum Gasteiger partial charge on any atom is 0.0275 e. The van der Waals surface area contributed by atoms with Crippen molar-refractivity contribution in [3.63, 3.8) is 0 Å². The smallest absolute Gasteiger partial charge is 0.0275 e. The topological polar surface area (TPSA) is 0 Å². The minimum absolute atomic E-state index is 0.295. The van der Waals surface area contributed by atoms with Crippen LogP contribution in [0.3, 0.4) is 0 Å². The zero-order valence-corrected chi connectivity index (χ0v) is 21.4. The second kappa shape index (κ2) is 9.91. The van der Waals surface area contributed by atoms with Crippen LogP contribution in [-0.2, 0) is 0 Å². The third kappa shape index (κ3) is 4.47. The van der Waals surface area contributed by atoms with Crippen molar-refractivity contribution in [1.82, 2.24) is 0 Å². The summed E-state index contributed by atoms with van der Waals surface area (Å²) in [4.78, 5) is 0. The number of hydrogen-bond donors (Lipinski definition) is 0. The molecular formula is C37H30. The average molecular weight is 475 g/mol. The highest BCUT2D eigenvalue weighted by Gasteiger charge is 2.22. The van der Waals surface area contributed by atoms with Crippen LogP contribution in [0.25, 0.3) is 28.9 Å². The molecule has 0 spiro atoms. The minimum atomic E-state index is 0.295. The summed E-state index contributed by atoms with van der Waals surface area (Å²) in [6.45, 7) is 4.40. The molecule has 0 amide bonds. The van der Waals surface area contributed by atoms with Gasteiger partial charge >= 0.3 is 0 Å². The standard InChI is InChI=1S/C37H30/c1-26-12-3-5-16-31(26)32-17-6-4-14-29(32)15-11-13-28-22-23-30(27(2)24-28)25-37-35-20-9-7-18-33(35)34-19-8-10-21-36(34)37/h3-25,32H,1-2H3/b13-11-,29-15-. The van der Waals surface area contributed by atoms with E-state index in [2.05, 4.69) is 153 Å². The molecule has 4 aromatic rings. The minimum Gasteiger partial charge on any atom is -0.0726 e. The van der Waals surface area contributed by atoms with Gasteiger partial charge in [0, 0.05) is 5.92 Å². The Bertz CT molecular complexity index is 1590. The summed E-state index contributed by atoms with van der Waals surface area (Å²) in [5, 5.41) is 0. The van der Waals surface area contributed by atoms with E-state index in [0.29, 0.717) is 5.92 Å². The lowest BCUT2D eigenvalue weighted by Crippen LogP contribution is -2.02. The van der Waals surface area contributed by atoms with E-state index in [-0.39, 0.29) is 0 Å². The molecule has 1 atom stereocenters. The quantitative estimate of drug-likeness (QED) is 0.243. The molecule has 0 bridgehead atoms. The summed E-state index contributed by atoms with van der Waals surface area (Å²) in [6.07, 6.45) is 17.8.